The predicted octanol–water partition coefficient (Wildman–Crippen LogP) is 3.02. The summed E-state index contributed by atoms with van der Waals surface area (Å²) in [6.45, 7) is -0.279. The highest BCUT2D eigenvalue weighted by atomic mass is 32.2. The predicted molar refractivity (Wildman–Crippen MR) is 128 cm³/mol. The van der Waals surface area contributed by atoms with E-state index in [4.69, 9.17) is 9.47 Å². The normalized spacial score (nSPS) is 10.9. The molecule has 3 aromatic rings. The van der Waals surface area contributed by atoms with E-state index in [0.717, 1.165) is 0 Å². The van der Waals surface area contributed by atoms with Gasteiger partial charge in [0, 0.05) is 24.3 Å². The quantitative estimate of drug-likeness (QED) is 0.385. The molecular formula is C24H25N3O6S. The van der Waals surface area contributed by atoms with Crippen LogP contribution in [-0.4, -0.2) is 40.5 Å². The van der Waals surface area contributed by atoms with E-state index in [-0.39, 0.29) is 36.3 Å². The molecule has 0 saturated heterocycles. The number of hydrogen-bond donors (Lipinski definition) is 3. The highest BCUT2D eigenvalue weighted by molar-refractivity contribution is 7.89. The molecule has 3 N–H and O–H groups in total. The number of hydrogen-bond acceptors (Lipinski definition) is 6. The van der Waals surface area contributed by atoms with Gasteiger partial charge in [0.2, 0.25) is 15.9 Å². The smallest absolute Gasteiger partial charge is 0.262 e. The van der Waals surface area contributed by atoms with Crippen LogP contribution in [0, 0.1) is 0 Å². The van der Waals surface area contributed by atoms with Crippen LogP contribution in [0.2, 0.25) is 0 Å². The first-order valence-corrected chi connectivity index (χ1v) is 11.9. The summed E-state index contributed by atoms with van der Waals surface area (Å²) in [5, 5.41) is 5.38. The summed E-state index contributed by atoms with van der Waals surface area (Å²) in [6.07, 6.45) is -0.0601. The maximum Gasteiger partial charge on any atom is 0.262 e. The number of nitrogens with one attached hydrogen (secondary N) is 3. The Kier molecular flexibility index (Phi) is 8.60. The minimum atomic E-state index is -3.68. The van der Waals surface area contributed by atoms with E-state index >= 15 is 0 Å². The third kappa shape index (κ3) is 7.32. The number of rotatable bonds is 11. The molecule has 0 bridgehead atoms. The topological polar surface area (TPSA) is 123 Å². The molecule has 3 rings (SSSR count). The van der Waals surface area contributed by atoms with E-state index in [1.54, 1.807) is 66.7 Å². The molecule has 0 aliphatic heterocycles. The fraction of sp³-hybridized carbons (Fsp3) is 0.167. The van der Waals surface area contributed by atoms with Crippen LogP contribution in [0.25, 0.3) is 0 Å². The van der Waals surface area contributed by atoms with E-state index in [1.165, 1.54) is 19.2 Å². The Balaban J connectivity index is 1.47. The molecule has 0 saturated carbocycles. The first kappa shape index (κ1) is 24.7. The molecular weight excluding hydrogens is 458 g/mol. The molecule has 0 heterocycles. The van der Waals surface area contributed by atoms with Gasteiger partial charge in [-0.25, -0.2) is 13.1 Å². The zero-order chi connectivity index (χ0) is 24.4. The number of carbonyl (C=O) groups excluding carboxylic acids is 2. The Morgan fingerprint density at radius 2 is 1.41 bits per heavy atom. The van der Waals surface area contributed by atoms with Gasteiger partial charge in [-0.15, -0.1) is 0 Å². The lowest BCUT2D eigenvalue weighted by Gasteiger charge is -2.11. The van der Waals surface area contributed by atoms with Gasteiger partial charge in [-0.3, -0.25) is 9.59 Å². The van der Waals surface area contributed by atoms with Crippen molar-refractivity contribution in [1.82, 2.24) is 4.72 Å². The number of amides is 2. The summed E-state index contributed by atoms with van der Waals surface area (Å²) in [4.78, 5) is 24.6. The van der Waals surface area contributed by atoms with Crippen molar-refractivity contribution in [3.05, 3.63) is 78.9 Å². The molecule has 10 heteroatoms. The van der Waals surface area contributed by atoms with Crippen LogP contribution in [0.4, 0.5) is 11.4 Å². The van der Waals surface area contributed by atoms with Gasteiger partial charge in [-0.2, -0.15) is 0 Å². The average Bonchev–Trinajstić information content (AvgIpc) is 2.83. The monoisotopic (exact) mass is 483 g/mol. The third-order valence-electron chi connectivity index (χ3n) is 4.56. The number of anilines is 2. The van der Waals surface area contributed by atoms with Crippen LogP contribution in [0.3, 0.4) is 0 Å². The molecule has 9 nitrogen and oxygen atoms in total. The number of methoxy groups -OCH3 is 1. The van der Waals surface area contributed by atoms with Crippen LogP contribution in [0.5, 0.6) is 11.5 Å². The molecule has 34 heavy (non-hydrogen) atoms. The first-order chi connectivity index (χ1) is 16.4. The van der Waals surface area contributed by atoms with Crippen molar-refractivity contribution in [3.8, 4) is 11.5 Å². The lowest BCUT2D eigenvalue weighted by Crippen LogP contribution is -2.27. The van der Waals surface area contributed by atoms with Crippen LogP contribution in [0.15, 0.2) is 83.8 Å². The fourth-order valence-electron chi connectivity index (χ4n) is 2.96. The lowest BCUT2D eigenvalue weighted by atomic mass is 10.2. The highest BCUT2D eigenvalue weighted by Crippen LogP contribution is 2.25. The number of ether oxygens (including phenoxy) is 2. The molecule has 0 fully saturated rings. The molecule has 0 radical (unpaired) electrons. The molecule has 2 amide bonds. The zero-order valence-corrected chi connectivity index (χ0v) is 19.3. The first-order valence-electron chi connectivity index (χ1n) is 10.4. The van der Waals surface area contributed by atoms with Crippen molar-refractivity contribution in [2.45, 2.75) is 11.3 Å². The summed E-state index contributed by atoms with van der Waals surface area (Å²) >= 11 is 0. The number of para-hydroxylation sites is 2. The number of carbonyl (C=O) groups is 2. The van der Waals surface area contributed by atoms with Crippen molar-refractivity contribution in [3.63, 3.8) is 0 Å². The van der Waals surface area contributed by atoms with E-state index < -0.39 is 10.0 Å². The van der Waals surface area contributed by atoms with Gasteiger partial charge in [-0.05, 0) is 42.5 Å². The van der Waals surface area contributed by atoms with Crippen LogP contribution < -0.4 is 24.8 Å². The highest BCUT2D eigenvalue weighted by Gasteiger charge is 2.14. The minimum absolute atomic E-state index is 0.0558. The molecule has 0 unspecified atom stereocenters. The Morgan fingerprint density at radius 3 is 2.09 bits per heavy atom. The summed E-state index contributed by atoms with van der Waals surface area (Å²) in [7, 11) is -2.16. The Hall–Kier alpha value is -3.89. The summed E-state index contributed by atoms with van der Waals surface area (Å²) in [5.74, 6) is 0.207. The second kappa shape index (κ2) is 11.8. The van der Waals surface area contributed by atoms with E-state index in [1.807, 2.05) is 0 Å². The number of sulfonamides is 1. The van der Waals surface area contributed by atoms with Gasteiger partial charge in [0.05, 0.1) is 12.0 Å². The molecule has 3 aromatic carbocycles. The summed E-state index contributed by atoms with van der Waals surface area (Å²) in [5.41, 5.74) is 0.926. The van der Waals surface area contributed by atoms with Crippen LogP contribution >= 0.6 is 0 Å². The Labute approximate surface area is 198 Å². The second-order valence-electron chi connectivity index (χ2n) is 7.08. The van der Waals surface area contributed by atoms with Gasteiger partial charge in [-0.1, -0.05) is 36.4 Å². The molecule has 0 aromatic heterocycles. The van der Waals surface area contributed by atoms with Crippen LogP contribution in [0.1, 0.15) is 6.42 Å². The van der Waals surface area contributed by atoms with Crippen molar-refractivity contribution < 1.29 is 27.5 Å². The maximum absolute atomic E-state index is 12.2. The molecule has 0 aliphatic rings. The fourth-order valence-corrected chi connectivity index (χ4v) is 4.01. The Morgan fingerprint density at radius 1 is 0.794 bits per heavy atom. The van der Waals surface area contributed by atoms with Crippen molar-refractivity contribution in [2.24, 2.45) is 0 Å². The zero-order valence-electron chi connectivity index (χ0n) is 18.5. The third-order valence-corrected chi connectivity index (χ3v) is 6.03. The van der Waals surface area contributed by atoms with E-state index in [2.05, 4.69) is 15.4 Å². The SMILES string of the molecule is COc1ccccc1OCC(=O)Nc1cccc(NC(=O)CCNS(=O)(=O)c2ccccc2)c1. The molecule has 0 atom stereocenters. The Bertz CT molecular complexity index is 1230. The van der Waals surface area contributed by atoms with Crippen molar-refractivity contribution in [1.29, 1.82) is 0 Å². The average molecular weight is 484 g/mol. The summed E-state index contributed by atoms with van der Waals surface area (Å²) < 4.78 is 37.5. The van der Waals surface area contributed by atoms with Crippen molar-refractivity contribution >= 4 is 33.2 Å². The van der Waals surface area contributed by atoms with Crippen molar-refractivity contribution in [2.75, 3.05) is 30.9 Å². The van der Waals surface area contributed by atoms with Gasteiger partial charge in [0.25, 0.3) is 5.91 Å². The van der Waals surface area contributed by atoms with Gasteiger partial charge in [0.15, 0.2) is 18.1 Å². The minimum Gasteiger partial charge on any atom is -0.493 e. The van der Waals surface area contributed by atoms with Gasteiger partial charge < -0.3 is 20.1 Å². The molecule has 178 valence electrons. The van der Waals surface area contributed by atoms with Crippen LogP contribution in [-0.2, 0) is 19.6 Å². The summed E-state index contributed by atoms with van der Waals surface area (Å²) in [6, 6.07) is 21.5. The second-order valence-corrected chi connectivity index (χ2v) is 8.84. The van der Waals surface area contributed by atoms with E-state index in [9.17, 15) is 18.0 Å². The van der Waals surface area contributed by atoms with E-state index in [0.29, 0.717) is 22.9 Å². The van der Waals surface area contributed by atoms with Gasteiger partial charge in [0.1, 0.15) is 0 Å². The lowest BCUT2D eigenvalue weighted by molar-refractivity contribution is -0.118. The molecule has 0 aliphatic carbocycles. The maximum atomic E-state index is 12.2. The van der Waals surface area contributed by atoms with Gasteiger partial charge >= 0.3 is 0 Å². The number of benzene rings is 3. The largest absolute Gasteiger partial charge is 0.493 e. The molecule has 0 spiro atoms. The standard InChI is InChI=1S/C24H25N3O6S/c1-32-21-12-5-6-13-22(21)33-17-24(29)27-19-9-7-8-18(16-19)26-23(28)14-15-25-34(30,31)20-10-3-2-4-11-20/h2-13,16,25H,14-15,17H2,1H3,(H,26,28)(H,27,29).